The molecule has 2 amide bonds. The number of allylic oxidation sites excluding steroid dienone is 6. The number of phenolic OH excluding ortho intramolecular Hbond substituents is 1. The monoisotopic (exact) mass is 677 g/mol. The summed E-state index contributed by atoms with van der Waals surface area (Å²) in [4.78, 5) is 69.3. The minimum Gasteiger partial charge on any atom is -0.504 e. The highest BCUT2D eigenvalue weighted by Crippen LogP contribution is 2.57. The van der Waals surface area contributed by atoms with Crippen molar-refractivity contribution >= 4 is 50.8 Å². The minimum atomic E-state index is -0.817. The molecule has 1 saturated heterocycles. The number of aromatic hydroxyl groups is 1. The number of carbonyl (C=O) groups is 5. The second-order valence-electron chi connectivity index (χ2n) is 12.0. The molecule has 1 fully saturated rings. The summed E-state index contributed by atoms with van der Waals surface area (Å²) in [7, 11) is 1.42. The van der Waals surface area contributed by atoms with Gasteiger partial charge in [0.25, 0.3) is 0 Å². The highest BCUT2D eigenvalue weighted by Gasteiger charge is 2.57. The maximum atomic E-state index is 14.2. The van der Waals surface area contributed by atoms with Crippen molar-refractivity contribution in [3.8, 4) is 11.5 Å². The molecule has 230 valence electrons. The van der Waals surface area contributed by atoms with Gasteiger partial charge in [-0.05, 0) is 68.2 Å². The number of anilines is 1. The van der Waals surface area contributed by atoms with Crippen LogP contribution < -0.4 is 9.64 Å². The van der Waals surface area contributed by atoms with E-state index in [0.717, 1.165) is 5.57 Å². The first kappa shape index (κ1) is 29.8. The maximum Gasteiger partial charge on any atom is 0.238 e. The summed E-state index contributed by atoms with van der Waals surface area (Å²) >= 11 is 3.47. The van der Waals surface area contributed by atoms with Crippen LogP contribution in [-0.4, -0.2) is 41.4 Å². The predicted octanol–water partition coefficient (Wildman–Crippen LogP) is 6.03. The number of imide groups is 1. The lowest BCUT2D eigenvalue weighted by Crippen LogP contribution is -2.39. The molecule has 0 saturated carbocycles. The van der Waals surface area contributed by atoms with Crippen LogP contribution in [0.1, 0.15) is 47.2 Å². The van der Waals surface area contributed by atoms with Gasteiger partial charge in [0.1, 0.15) is 0 Å². The van der Waals surface area contributed by atoms with Crippen LogP contribution in [0.5, 0.6) is 11.5 Å². The summed E-state index contributed by atoms with van der Waals surface area (Å²) in [5, 5.41) is 11.3. The molecule has 0 spiro atoms. The summed E-state index contributed by atoms with van der Waals surface area (Å²) in [6, 6.07) is 18.6. The third-order valence-electron chi connectivity index (χ3n) is 9.59. The number of ether oxygens (including phenoxy) is 1. The summed E-state index contributed by atoms with van der Waals surface area (Å²) < 4.78 is 6.00. The van der Waals surface area contributed by atoms with E-state index in [4.69, 9.17) is 4.74 Å². The minimum absolute atomic E-state index is 0.123. The van der Waals surface area contributed by atoms with Gasteiger partial charge in [0.05, 0.1) is 24.6 Å². The summed E-state index contributed by atoms with van der Waals surface area (Å²) in [5.41, 5.74) is 3.30. The second kappa shape index (κ2) is 11.2. The van der Waals surface area contributed by atoms with Crippen LogP contribution in [0.3, 0.4) is 0 Å². The SMILES string of the molecule is COc1cc(Br)cc([C@H]2C3=CC[C@@H]4C(=O)N(c5ccc(C(=O)c6ccccc6)cc5)C(=O)[C@@H]4[C@@H]3CC3=C2C(=O)C=C(C)C3=O)c1O. The predicted molar refractivity (Wildman–Crippen MR) is 172 cm³/mol. The Hall–Kier alpha value is -4.89. The molecule has 0 unspecified atom stereocenters. The number of phenols is 1. The number of methoxy groups -OCH3 is 1. The van der Waals surface area contributed by atoms with Crippen LogP contribution in [0.15, 0.2) is 106 Å². The first-order chi connectivity index (χ1) is 22.1. The average molecular weight is 679 g/mol. The van der Waals surface area contributed by atoms with E-state index in [2.05, 4.69) is 15.9 Å². The Morgan fingerprint density at radius 2 is 1.63 bits per heavy atom. The highest BCUT2D eigenvalue weighted by molar-refractivity contribution is 9.10. The van der Waals surface area contributed by atoms with Crippen LogP contribution in [-0.2, 0) is 19.2 Å². The number of fused-ring (bicyclic) bond motifs is 3. The number of rotatable bonds is 5. The number of Topliss-reactive ketones (excluding diaryl/α,β-unsaturated/α-hetero) is 1. The van der Waals surface area contributed by atoms with Crippen molar-refractivity contribution in [1.29, 1.82) is 0 Å². The third-order valence-corrected chi connectivity index (χ3v) is 10.0. The fourth-order valence-electron chi connectivity index (χ4n) is 7.48. The van der Waals surface area contributed by atoms with Crippen molar-refractivity contribution in [2.45, 2.75) is 25.7 Å². The fourth-order valence-corrected chi connectivity index (χ4v) is 7.93. The molecule has 46 heavy (non-hydrogen) atoms. The number of carbonyl (C=O) groups excluding carboxylic acids is 5. The smallest absolute Gasteiger partial charge is 0.238 e. The Morgan fingerprint density at radius 3 is 2.33 bits per heavy atom. The molecule has 0 bridgehead atoms. The largest absolute Gasteiger partial charge is 0.504 e. The lowest BCUT2D eigenvalue weighted by atomic mass is 9.59. The van der Waals surface area contributed by atoms with Crippen LogP contribution in [0.25, 0.3) is 0 Å². The molecule has 4 aliphatic rings. The molecular weight excluding hydrogens is 650 g/mol. The number of amides is 2. The number of ketones is 3. The first-order valence-corrected chi connectivity index (χ1v) is 15.7. The van der Waals surface area contributed by atoms with Gasteiger partial charge >= 0.3 is 0 Å². The van der Waals surface area contributed by atoms with Crippen molar-refractivity contribution in [2.75, 3.05) is 12.0 Å². The molecule has 9 heteroatoms. The Labute approximate surface area is 273 Å². The molecule has 0 aromatic heterocycles. The Kier molecular flexibility index (Phi) is 7.24. The zero-order chi connectivity index (χ0) is 32.4. The molecule has 1 heterocycles. The molecule has 0 radical (unpaired) electrons. The van der Waals surface area contributed by atoms with Crippen LogP contribution in [0, 0.1) is 17.8 Å². The molecule has 8 nitrogen and oxygen atoms in total. The number of benzene rings is 3. The van der Waals surface area contributed by atoms with Crippen molar-refractivity contribution in [3.05, 3.63) is 122 Å². The quantitative estimate of drug-likeness (QED) is 0.152. The first-order valence-electron chi connectivity index (χ1n) is 14.9. The molecule has 3 aliphatic carbocycles. The van der Waals surface area contributed by atoms with Gasteiger partial charge in [-0.2, -0.15) is 0 Å². The van der Waals surface area contributed by atoms with E-state index in [0.29, 0.717) is 38.0 Å². The van der Waals surface area contributed by atoms with Gasteiger partial charge in [0.2, 0.25) is 11.8 Å². The summed E-state index contributed by atoms with van der Waals surface area (Å²) in [5.74, 6) is -4.31. The fraction of sp³-hybridized carbons (Fsp3) is 0.216. The Bertz CT molecular complexity index is 1970. The van der Waals surface area contributed by atoms with E-state index in [9.17, 15) is 29.1 Å². The molecule has 1 aliphatic heterocycles. The summed E-state index contributed by atoms with van der Waals surface area (Å²) in [6.07, 6.45) is 3.60. The molecule has 3 aromatic carbocycles. The van der Waals surface area contributed by atoms with Crippen LogP contribution in [0.2, 0.25) is 0 Å². The third kappa shape index (κ3) is 4.52. The topological polar surface area (TPSA) is 118 Å². The van der Waals surface area contributed by atoms with Gasteiger partial charge in [-0.15, -0.1) is 0 Å². The van der Waals surface area contributed by atoms with Gasteiger partial charge in [-0.25, -0.2) is 0 Å². The molecule has 7 rings (SSSR count). The van der Waals surface area contributed by atoms with Gasteiger partial charge in [0, 0.05) is 43.8 Å². The van der Waals surface area contributed by atoms with E-state index in [1.165, 1.54) is 18.1 Å². The van der Waals surface area contributed by atoms with Crippen molar-refractivity contribution in [2.24, 2.45) is 17.8 Å². The van der Waals surface area contributed by atoms with Gasteiger partial charge < -0.3 is 9.84 Å². The normalized spacial score (nSPS) is 23.8. The summed E-state index contributed by atoms with van der Waals surface area (Å²) in [6.45, 7) is 1.59. The van der Waals surface area contributed by atoms with E-state index in [-0.39, 0.29) is 53.2 Å². The zero-order valence-electron chi connectivity index (χ0n) is 25.0. The van der Waals surface area contributed by atoms with Gasteiger partial charge in [0.15, 0.2) is 28.8 Å². The van der Waals surface area contributed by atoms with Crippen molar-refractivity contribution in [3.63, 3.8) is 0 Å². The van der Waals surface area contributed by atoms with E-state index in [1.54, 1.807) is 67.6 Å². The molecular formula is C37H28BrNO7. The maximum absolute atomic E-state index is 14.2. The number of hydrogen-bond donors (Lipinski definition) is 1. The molecule has 3 aromatic rings. The number of hydrogen-bond acceptors (Lipinski definition) is 7. The van der Waals surface area contributed by atoms with E-state index in [1.807, 2.05) is 12.1 Å². The van der Waals surface area contributed by atoms with E-state index < -0.39 is 29.6 Å². The highest BCUT2D eigenvalue weighted by atomic mass is 79.9. The lowest BCUT2D eigenvalue weighted by Gasteiger charge is -2.42. The van der Waals surface area contributed by atoms with Crippen LogP contribution in [0.4, 0.5) is 5.69 Å². The van der Waals surface area contributed by atoms with Crippen molar-refractivity contribution in [1.82, 2.24) is 0 Å². The Morgan fingerprint density at radius 1 is 0.935 bits per heavy atom. The van der Waals surface area contributed by atoms with Crippen LogP contribution >= 0.6 is 15.9 Å². The number of nitrogens with zero attached hydrogens (tertiary/aromatic N) is 1. The Balaban J connectivity index is 1.28. The average Bonchev–Trinajstić information content (AvgIpc) is 3.32. The number of halogens is 1. The zero-order valence-corrected chi connectivity index (χ0v) is 26.5. The molecule has 4 atom stereocenters. The van der Waals surface area contributed by atoms with Crippen molar-refractivity contribution < 1.29 is 33.8 Å². The lowest BCUT2D eigenvalue weighted by molar-refractivity contribution is -0.123. The standard InChI is InChI=1S/C37H28BrNO7/c1-18-14-28(40)32-27(33(18)41)17-25-23(30(32)26-15-21(38)16-29(46-2)35(26)43)12-13-24-31(25)37(45)39(36(24)44)22-10-8-20(9-11-22)34(42)19-6-4-3-5-7-19/h3-12,14-16,24-25,30-31,43H,13,17H2,1-2H3/t24-,25+,30+,31-/m0/s1. The van der Waals surface area contributed by atoms with Gasteiger partial charge in [-0.3, -0.25) is 28.9 Å². The second-order valence-corrected chi connectivity index (χ2v) is 12.9. The van der Waals surface area contributed by atoms with Gasteiger partial charge in [-0.1, -0.05) is 57.9 Å². The van der Waals surface area contributed by atoms with E-state index >= 15 is 0 Å². The molecule has 1 N–H and O–H groups in total.